The van der Waals surface area contributed by atoms with Crippen LogP contribution in [0.4, 0.5) is 5.69 Å². The molecule has 0 saturated carbocycles. The number of carbonyl (C=O) groups excluding carboxylic acids is 2. The number of anilines is 1. The first-order valence-corrected chi connectivity index (χ1v) is 3.31. The molecular weight excluding hydrogens is 156 g/mol. The van der Waals surface area contributed by atoms with Gasteiger partial charge in [0.05, 0.1) is 11.3 Å². The lowest BCUT2D eigenvalue weighted by Gasteiger charge is -2.02. The summed E-state index contributed by atoms with van der Waals surface area (Å²) in [4.78, 5) is 20.7. The molecule has 0 aliphatic heterocycles. The fraction of sp³-hybridized carbons (Fsp3) is 0. The molecule has 0 atom stereocenters. The van der Waals surface area contributed by atoms with E-state index in [4.69, 9.17) is 5.73 Å². The second-order valence-corrected chi connectivity index (χ2v) is 2.14. The summed E-state index contributed by atoms with van der Waals surface area (Å²) in [6.45, 7) is 0. The Morgan fingerprint density at radius 3 is 2.67 bits per heavy atom. The van der Waals surface area contributed by atoms with Crippen LogP contribution in [0.5, 0.6) is 0 Å². The summed E-state index contributed by atoms with van der Waals surface area (Å²) >= 11 is 0. The van der Waals surface area contributed by atoms with E-state index in [2.05, 4.69) is 5.32 Å². The van der Waals surface area contributed by atoms with E-state index in [1.807, 2.05) is 0 Å². The molecule has 0 fully saturated rings. The van der Waals surface area contributed by atoms with Gasteiger partial charge in [0.2, 0.25) is 6.41 Å². The van der Waals surface area contributed by atoms with Crippen LogP contribution in [0.2, 0.25) is 0 Å². The van der Waals surface area contributed by atoms with Gasteiger partial charge in [0, 0.05) is 0 Å². The predicted molar refractivity (Wildman–Crippen MR) is 43.6 cm³/mol. The van der Waals surface area contributed by atoms with Crippen LogP contribution >= 0.6 is 0 Å². The fourth-order valence-corrected chi connectivity index (χ4v) is 0.870. The van der Waals surface area contributed by atoms with Crippen LogP contribution in [-0.4, -0.2) is 12.3 Å². The third-order valence-electron chi connectivity index (χ3n) is 1.39. The first kappa shape index (κ1) is 8.26. The molecule has 0 aromatic heterocycles. The van der Waals surface area contributed by atoms with Crippen molar-refractivity contribution in [3.63, 3.8) is 0 Å². The van der Waals surface area contributed by atoms with Crippen molar-refractivity contribution < 1.29 is 9.59 Å². The van der Waals surface area contributed by atoms with Gasteiger partial charge in [-0.25, -0.2) is 0 Å². The smallest absolute Gasteiger partial charge is 0.271 e. The minimum absolute atomic E-state index is 0.199. The fourth-order valence-electron chi connectivity index (χ4n) is 0.870. The van der Waals surface area contributed by atoms with Gasteiger partial charge in [-0.2, -0.15) is 0 Å². The van der Waals surface area contributed by atoms with Gasteiger partial charge in [-0.3, -0.25) is 15.3 Å². The number of carbonyl (C=O) groups is 2. The van der Waals surface area contributed by atoms with Gasteiger partial charge in [-0.15, -0.1) is 0 Å². The number of rotatable bonds is 3. The molecule has 0 aliphatic rings. The highest BCUT2D eigenvalue weighted by molar-refractivity contribution is 5.99. The van der Waals surface area contributed by atoms with Crippen molar-refractivity contribution in [3.8, 4) is 0 Å². The Morgan fingerprint density at radius 2 is 2.08 bits per heavy atom. The van der Waals surface area contributed by atoms with Crippen molar-refractivity contribution in [1.29, 1.82) is 0 Å². The van der Waals surface area contributed by atoms with Crippen molar-refractivity contribution >= 4 is 18.0 Å². The summed E-state index contributed by atoms with van der Waals surface area (Å²) in [5.41, 5.74) is 7.41. The normalized spacial score (nSPS) is 9.00. The maximum absolute atomic E-state index is 10.7. The van der Waals surface area contributed by atoms with Crippen LogP contribution in [0, 0.1) is 0 Å². The highest BCUT2D eigenvalue weighted by atomic mass is 16.1. The maximum Gasteiger partial charge on any atom is 0.271 e. The Bertz CT molecular complexity index is 310. The molecule has 12 heavy (non-hydrogen) atoms. The van der Waals surface area contributed by atoms with E-state index in [-0.39, 0.29) is 5.56 Å². The molecule has 4 heteroatoms. The molecule has 0 spiro atoms. The van der Waals surface area contributed by atoms with Gasteiger partial charge in [0.1, 0.15) is 0 Å². The third kappa shape index (κ3) is 1.60. The number of benzene rings is 1. The molecule has 1 radical (unpaired) electrons. The summed E-state index contributed by atoms with van der Waals surface area (Å²) in [6, 6.07) is 6.37. The Balaban J connectivity index is 3.07. The van der Waals surface area contributed by atoms with Gasteiger partial charge in [-0.05, 0) is 12.1 Å². The summed E-state index contributed by atoms with van der Waals surface area (Å²) < 4.78 is 0. The van der Waals surface area contributed by atoms with E-state index in [1.165, 1.54) is 6.07 Å². The lowest BCUT2D eigenvalue weighted by atomic mass is 10.2. The molecule has 0 aliphatic carbocycles. The second-order valence-electron chi connectivity index (χ2n) is 2.14. The third-order valence-corrected chi connectivity index (χ3v) is 1.39. The Morgan fingerprint density at radius 1 is 1.42 bits per heavy atom. The molecule has 0 saturated heterocycles. The predicted octanol–water partition coefficient (Wildman–Crippen LogP) is 0.678. The van der Waals surface area contributed by atoms with E-state index >= 15 is 0 Å². The maximum atomic E-state index is 10.7. The standard InChI is InChI=1S/C8H7N2O2/c9-8(12)6-3-1-2-4-7(6)10-5-11/h1-5,9H,(H,10,11). The van der Waals surface area contributed by atoms with Gasteiger partial charge in [-0.1, -0.05) is 12.1 Å². The Kier molecular flexibility index (Phi) is 2.42. The number of hydrogen-bond acceptors (Lipinski definition) is 2. The molecule has 2 N–H and O–H groups in total. The van der Waals surface area contributed by atoms with Crippen molar-refractivity contribution in [2.45, 2.75) is 0 Å². The first-order valence-electron chi connectivity index (χ1n) is 3.31. The van der Waals surface area contributed by atoms with Crippen molar-refractivity contribution in [3.05, 3.63) is 29.8 Å². The summed E-state index contributed by atoms with van der Waals surface area (Å²) in [7, 11) is 0. The molecule has 1 aromatic carbocycles. The summed E-state index contributed by atoms with van der Waals surface area (Å²) in [5.74, 6) is -0.806. The second kappa shape index (κ2) is 3.52. The topological polar surface area (TPSA) is 70.0 Å². The zero-order chi connectivity index (χ0) is 8.97. The monoisotopic (exact) mass is 163 g/mol. The molecule has 1 aromatic rings. The molecule has 0 heterocycles. The van der Waals surface area contributed by atoms with Gasteiger partial charge < -0.3 is 5.32 Å². The molecule has 4 nitrogen and oxygen atoms in total. The molecule has 2 amide bonds. The zero-order valence-corrected chi connectivity index (χ0v) is 6.20. The minimum Gasteiger partial charge on any atom is -0.328 e. The quantitative estimate of drug-likeness (QED) is 0.665. The van der Waals surface area contributed by atoms with Crippen molar-refractivity contribution in [1.82, 2.24) is 5.73 Å². The molecular formula is C8H7N2O2. The van der Waals surface area contributed by atoms with Crippen LogP contribution < -0.4 is 11.1 Å². The van der Waals surface area contributed by atoms with E-state index in [0.29, 0.717) is 12.1 Å². The van der Waals surface area contributed by atoms with Crippen LogP contribution in [0.25, 0.3) is 0 Å². The highest BCUT2D eigenvalue weighted by Crippen LogP contribution is 2.12. The van der Waals surface area contributed by atoms with E-state index in [0.717, 1.165) is 0 Å². The lowest BCUT2D eigenvalue weighted by Crippen LogP contribution is -2.05. The number of hydrogen-bond donors (Lipinski definition) is 1. The number of nitrogens with one attached hydrogen (secondary N) is 2. The van der Waals surface area contributed by atoms with E-state index in [1.54, 1.807) is 18.2 Å². The lowest BCUT2D eigenvalue weighted by molar-refractivity contribution is -0.105. The van der Waals surface area contributed by atoms with Gasteiger partial charge >= 0.3 is 0 Å². The highest BCUT2D eigenvalue weighted by Gasteiger charge is 2.05. The van der Waals surface area contributed by atoms with Crippen LogP contribution in [0.3, 0.4) is 0 Å². The number of amides is 2. The molecule has 0 unspecified atom stereocenters. The molecule has 0 bridgehead atoms. The van der Waals surface area contributed by atoms with Crippen LogP contribution in [0.1, 0.15) is 10.4 Å². The SMILES string of the molecule is [NH]C(=O)c1ccccc1NC=O. The zero-order valence-electron chi connectivity index (χ0n) is 6.20. The van der Waals surface area contributed by atoms with E-state index < -0.39 is 5.91 Å². The van der Waals surface area contributed by atoms with Crippen LogP contribution in [0.15, 0.2) is 24.3 Å². The Labute approximate surface area is 69.4 Å². The Hall–Kier alpha value is -1.84. The van der Waals surface area contributed by atoms with Crippen molar-refractivity contribution in [2.24, 2.45) is 0 Å². The first-order chi connectivity index (χ1) is 5.75. The van der Waals surface area contributed by atoms with Crippen LogP contribution in [-0.2, 0) is 4.79 Å². The minimum atomic E-state index is -0.806. The average Bonchev–Trinajstić information content (AvgIpc) is 2.05. The van der Waals surface area contributed by atoms with E-state index in [9.17, 15) is 9.59 Å². The largest absolute Gasteiger partial charge is 0.328 e. The summed E-state index contributed by atoms with van der Waals surface area (Å²) in [5, 5.41) is 2.34. The molecule has 61 valence electrons. The van der Waals surface area contributed by atoms with Gasteiger partial charge in [0.15, 0.2) is 0 Å². The average molecular weight is 163 g/mol. The van der Waals surface area contributed by atoms with Gasteiger partial charge in [0.25, 0.3) is 5.91 Å². The van der Waals surface area contributed by atoms with Crippen molar-refractivity contribution in [2.75, 3.05) is 5.32 Å². The summed E-state index contributed by atoms with van der Waals surface area (Å²) in [6.07, 6.45) is 0.474. The molecule has 1 rings (SSSR count). The number of para-hydroxylation sites is 1.